The lowest BCUT2D eigenvalue weighted by Crippen LogP contribution is -2.15. The van der Waals surface area contributed by atoms with Crippen molar-refractivity contribution >= 4 is 27.0 Å². The minimum Gasteiger partial charge on any atom is -0.486 e. The van der Waals surface area contributed by atoms with Gasteiger partial charge >= 0.3 is 0 Å². The van der Waals surface area contributed by atoms with Gasteiger partial charge in [-0.1, -0.05) is 0 Å². The van der Waals surface area contributed by atoms with E-state index in [1.807, 2.05) is 18.2 Å². The van der Waals surface area contributed by atoms with Crippen molar-refractivity contribution in [2.24, 2.45) is 0 Å². The van der Waals surface area contributed by atoms with E-state index in [1.54, 1.807) is 6.26 Å². The molecule has 96 valence electrons. The number of H-pyrrole nitrogens is 1. The number of fused-ring (bicyclic) bond motifs is 2. The molecule has 1 N–H and O–H groups in total. The molecule has 0 radical (unpaired) electrons. The Morgan fingerprint density at radius 3 is 2.68 bits per heavy atom. The molecule has 0 saturated heterocycles. The van der Waals surface area contributed by atoms with Crippen LogP contribution in [-0.4, -0.2) is 23.2 Å². The molecule has 3 aromatic rings. The summed E-state index contributed by atoms with van der Waals surface area (Å²) in [5.74, 6) is 2.24. The van der Waals surface area contributed by atoms with Crippen LogP contribution in [0.3, 0.4) is 0 Å². The Balaban J connectivity index is 1.90. The van der Waals surface area contributed by atoms with Crippen molar-refractivity contribution in [1.29, 1.82) is 0 Å². The van der Waals surface area contributed by atoms with Crippen LogP contribution in [0.2, 0.25) is 0 Å². The van der Waals surface area contributed by atoms with Gasteiger partial charge in [0.1, 0.15) is 19.0 Å². The van der Waals surface area contributed by atoms with Crippen molar-refractivity contribution in [3.05, 3.63) is 29.1 Å². The molecule has 2 aromatic heterocycles. The highest BCUT2D eigenvalue weighted by molar-refractivity contribution is 9.10. The molecule has 1 aliphatic heterocycles. The Hall–Kier alpha value is -1.95. The Morgan fingerprint density at radius 2 is 1.95 bits per heavy atom. The number of rotatable bonds is 1. The fraction of sp³-hybridized carbons (Fsp3) is 0.154. The van der Waals surface area contributed by atoms with E-state index in [1.165, 1.54) is 0 Å². The summed E-state index contributed by atoms with van der Waals surface area (Å²) in [6, 6.07) is 5.65. The standard InChI is InChI=1S/C13H9BrN2O3/c14-12-7(1-2-19-12)13-15-8-5-10-11(6-9(8)16-13)18-4-3-17-10/h1-2,5-6H,3-4H2,(H,15,16). The number of halogens is 1. The van der Waals surface area contributed by atoms with E-state index >= 15 is 0 Å². The van der Waals surface area contributed by atoms with E-state index in [4.69, 9.17) is 13.9 Å². The fourth-order valence-corrected chi connectivity index (χ4v) is 2.56. The molecule has 4 rings (SSSR count). The maximum atomic E-state index is 5.55. The second-order valence-corrected chi connectivity index (χ2v) is 4.93. The Labute approximate surface area is 116 Å². The summed E-state index contributed by atoms with van der Waals surface area (Å²) >= 11 is 3.35. The van der Waals surface area contributed by atoms with Gasteiger partial charge in [-0.05, 0) is 22.0 Å². The zero-order valence-electron chi connectivity index (χ0n) is 9.77. The highest BCUT2D eigenvalue weighted by atomic mass is 79.9. The third kappa shape index (κ3) is 1.71. The molecule has 0 saturated carbocycles. The molecule has 0 unspecified atom stereocenters. The zero-order chi connectivity index (χ0) is 12.8. The molecule has 0 aliphatic carbocycles. The Kier molecular flexibility index (Phi) is 2.32. The highest BCUT2D eigenvalue weighted by Gasteiger charge is 2.16. The van der Waals surface area contributed by atoms with Gasteiger partial charge in [-0.2, -0.15) is 0 Å². The van der Waals surface area contributed by atoms with E-state index < -0.39 is 0 Å². The number of ether oxygens (including phenoxy) is 2. The maximum absolute atomic E-state index is 5.55. The number of hydrogen-bond acceptors (Lipinski definition) is 4. The topological polar surface area (TPSA) is 60.3 Å². The van der Waals surface area contributed by atoms with Gasteiger partial charge < -0.3 is 18.9 Å². The van der Waals surface area contributed by atoms with Crippen LogP contribution < -0.4 is 9.47 Å². The predicted octanol–water partition coefficient (Wildman–Crippen LogP) is 3.36. The Morgan fingerprint density at radius 1 is 1.16 bits per heavy atom. The van der Waals surface area contributed by atoms with E-state index in [2.05, 4.69) is 25.9 Å². The largest absolute Gasteiger partial charge is 0.486 e. The first-order valence-electron chi connectivity index (χ1n) is 5.84. The van der Waals surface area contributed by atoms with Crippen LogP contribution in [0.25, 0.3) is 22.4 Å². The van der Waals surface area contributed by atoms with E-state index in [-0.39, 0.29) is 0 Å². The summed E-state index contributed by atoms with van der Waals surface area (Å²) in [6.45, 7) is 1.15. The van der Waals surface area contributed by atoms with Crippen LogP contribution in [0, 0.1) is 0 Å². The summed E-state index contributed by atoms with van der Waals surface area (Å²) in [5, 5.41) is 0. The number of hydrogen-bond donors (Lipinski definition) is 1. The van der Waals surface area contributed by atoms with Crippen molar-refractivity contribution in [3.63, 3.8) is 0 Å². The van der Waals surface area contributed by atoms with Gasteiger partial charge in [0.25, 0.3) is 0 Å². The highest BCUT2D eigenvalue weighted by Crippen LogP contribution is 2.35. The van der Waals surface area contributed by atoms with Crippen molar-refractivity contribution in [2.75, 3.05) is 13.2 Å². The van der Waals surface area contributed by atoms with Gasteiger partial charge in [0, 0.05) is 12.1 Å². The average molecular weight is 321 g/mol. The first kappa shape index (κ1) is 10.9. The third-order valence-electron chi connectivity index (χ3n) is 3.02. The normalized spacial score (nSPS) is 13.9. The number of nitrogens with zero attached hydrogens (tertiary/aromatic N) is 1. The molecular weight excluding hydrogens is 312 g/mol. The van der Waals surface area contributed by atoms with Gasteiger partial charge in [0.05, 0.1) is 22.9 Å². The van der Waals surface area contributed by atoms with E-state index in [0.717, 1.165) is 33.9 Å². The first-order valence-corrected chi connectivity index (χ1v) is 6.63. The van der Waals surface area contributed by atoms with Gasteiger partial charge in [-0.15, -0.1) is 0 Å². The molecule has 0 atom stereocenters. The molecule has 6 heteroatoms. The predicted molar refractivity (Wildman–Crippen MR) is 72.5 cm³/mol. The van der Waals surface area contributed by atoms with Crippen molar-refractivity contribution in [1.82, 2.24) is 9.97 Å². The van der Waals surface area contributed by atoms with Gasteiger partial charge in [0.15, 0.2) is 16.2 Å². The van der Waals surface area contributed by atoms with Crippen LogP contribution in [0.5, 0.6) is 11.5 Å². The maximum Gasteiger partial charge on any atom is 0.179 e. The lowest BCUT2D eigenvalue weighted by atomic mass is 10.2. The molecular formula is C13H9BrN2O3. The number of imidazole rings is 1. The SMILES string of the molecule is Brc1occc1-c1nc2cc3c(cc2[nH]1)OCCO3. The van der Waals surface area contributed by atoms with E-state index in [9.17, 15) is 0 Å². The number of aromatic amines is 1. The summed E-state index contributed by atoms with van der Waals surface area (Å²) in [6.07, 6.45) is 1.61. The van der Waals surface area contributed by atoms with Crippen LogP contribution in [0.1, 0.15) is 0 Å². The second kappa shape index (κ2) is 4.03. The summed E-state index contributed by atoms with van der Waals surface area (Å²) in [4.78, 5) is 7.80. The minimum atomic E-state index is 0.572. The van der Waals surface area contributed by atoms with Gasteiger partial charge in [0.2, 0.25) is 0 Å². The van der Waals surface area contributed by atoms with Crippen molar-refractivity contribution in [2.45, 2.75) is 0 Å². The van der Waals surface area contributed by atoms with Gasteiger partial charge in [-0.25, -0.2) is 4.98 Å². The molecule has 0 fully saturated rings. The lowest BCUT2D eigenvalue weighted by Gasteiger charge is -2.17. The van der Waals surface area contributed by atoms with Crippen LogP contribution in [-0.2, 0) is 0 Å². The van der Waals surface area contributed by atoms with Crippen LogP contribution >= 0.6 is 15.9 Å². The van der Waals surface area contributed by atoms with Crippen molar-refractivity contribution < 1.29 is 13.9 Å². The van der Waals surface area contributed by atoms with Crippen molar-refractivity contribution in [3.8, 4) is 22.9 Å². The quantitative estimate of drug-likeness (QED) is 0.747. The Bertz CT molecular complexity index is 719. The molecule has 1 aromatic carbocycles. The average Bonchev–Trinajstić information content (AvgIpc) is 3.01. The number of furan rings is 1. The molecule has 0 amide bonds. The number of benzene rings is 1. The number of aromatic nitrogens is 2. The minimum absolute atomic E-state index is 0.572. The van der Waals surface area contributed by atoms with Crippen LogP contribution in [0.15, 0.2) is 33.5 Å². The smallest absolute Gasteiger partial charge is 0.179 e. The summed E-state index contributed by atoms with van der Waals surface area (Å²) in [7, 11) is 0. The molecule has 0 bridgehead atoms. The fourth-order valence-electron chi connectivity index (χ4n) is 2.14. The molecule has 0 spiro atoms. The van der Waals surface area contributed by atoms with Crippen LogP contribution in [0.4, 0.5) is 0 Å². The zero-order valence-corrected chi connectivity index (χ0v) is 11.4. The molecule has 5 nitrogen and oxygen atoms in total. The molecule has 1 aliphatic rings. The summed E-state index contributed by atoms with van der Waals surface area (Å²) in [5.41, 5.74) is 2.63. The molecule has 3 heterocycles. The lowest BCUT2D eigenvalue weighted by molar-refractivity contribution is 0.172. The van der Waals surface area contributed by atoms with E-state index in [0.29, 0.717) is 17.9 Å². The number of nitrogens with one attached hydrogen (secondary N) is 1. The monoisotopic (exact) mass is 320 g/mol. The summed E-state index contributed by atoms with van der Waals surface area (Å²) < 4.78 is 17.0. The second-order valence-electron chi connectivity index (χ2n) is 4.21. The molecule has 19 heavy (non-hydrogen) atoms. The third-order valence-corrected chi connectivity index (χ3v) is 3.63. The first-order chi connectivity index (χ1) is 9.31. The van der Waals surface area contributed by atoms with Gasteiger partial charge in [-0.3, -0.25) is 0 Å².